The number of hydrogen-bond acceptors (Lipinski definition) is 2. The molecular formula is C9H16F3NO. The van der Waals surface area contributed by atoms with Crippen molar-refractivity contribution in [3.8, 4) is 0 Å². The maximum atomic E-state index is 11.9. The van der Waals surface area contributed by atoms with Crippen molar-refractivity contribution in [3.63, 3.8) is 0 Å². The van der Waals surface area contributed by atoms with Crippen molar-refractivity contribution >= 4 is 0 Å². The van der Waals surface area contributed by atoms with Crippen LogP contribution in [0.4, 0.5) is 13.2 Å². The van der Waals surface area contributed by atoms with Gasteiger partial charge in [0.1, 0.15) is 0 Å². The molecule has 84 valence electrons. The zero-order chi connectivity index (χ0) is 10.6. The Morgan fingerprint density at radius 2 is 1.79 bits per heavy atom. The Hall–Kier alpha value is -0.290. The SMILES string of the molecule is O[C@H](CNC1CCCCC1)C(F)(F)F. The first-order chi connectivity index (χ1) is 6.50. The maximum absolute atomic E-state index is 11.9. The summed E-state index contributed by atoms with van der Waals surface area (Å²) in [6.07, 6.45) is -1.58. The van der Waals surface area contributed by atoms with Gasteiger partial charge in [0.05, 0.1) is 0 Å². The van der Waals surface area contributed by atoms with Gasteiger partial charge in [-0.15, -0.1) is 0 Å². The highest BCUT2D eigenvalue weighted by Crippen LogP contribution is 2.21. The fourth-order valence-corrected chi connectivity index (χ4v) is 1.70. The third-order valence-electron chi connectivity index (χ3n) is 2.58. The predicted molar refractivity (Wildman–Crippen MR) is 46.9 cm³/mol. The number of aliphatic hydroxyl groups excluding tert-OH is 1. The summed E-state index contributed by atoms with van der Waals surface area (Å²) in [5.74, 6) is 0. The van der Waals surface area contributed by atoms with Crippen LogP contribution in [0, 0.1) is 0 Å². The van der Waals surface area contributed by atoms with E-state index in [-0.39, 0.29) is 12.6 Å². The molecule has 0 aromatic heterocycles. The predicted octanol–water partition coefficient (Wildman–Crippen LogP) is 1.83. The van der Waals surface area contributed by atoms with Crippen LogP contribution >= 0.6 is 0 Å². The van der Waals surface area contributed by atoms with Crippen LogP contribution in [0.2, 0.25) is 0 Å². The molecule has 0 bridgehead atoms. The van der Waals surface area contributed by atoms with Crippen LogP contribution < -0.4 is 5.32 Å². The van der Waals surface area contributed by atoms with Crippen LogP contribution in [0.25, 0.3) is 0 Å². The van der Waals surface area contributed by atoms with Gasteiger partial charge in [-0.25, -0.2) is 0 Å². The van der Waals surface area contributed by atoms with Gasteiger partial charge in [0.25, 0.3) is 0 Å². The lowest BCUT2D eigenvalue weighted by atomic mass is 9.95. The smallest absolute Gasteiger partial charge is 0.382 e. The van der Waals surface area contributed by atoms with Crippen molar-refractivity contribution in [1.82, 2.24) is 5.32 Å². The summed E-state index contributed by atoms with van der Waals surface area (Å²) in [7, 11) is 0. The topological polar surface area (TPSA) is 32.3 Å². The molecule has 0 aliphatic heterocycles. The Morgan fingerprint density at radius 3 is 2.29 bits per heavy atom. The Balaban J connectivity index is 2.19. The molecule has 1 fully saturated rings. The summed E-state index contributed by atoms with van der Waals surface area (Å²) < 4.78 is 35.7. The molecule has 1 aliphatic carbocycles. The van der Waals surface area contributed by atoms with E-state index in [1.807, 2.05) is 0 Å². The highest BCUT2D eigenvalue weighted by molar-refractivity contribution is 4.75. The van der Waals surface area contributed by atoms with Crippen LogP contribution in [0.15, 0.2) is 0 Å². The Kier molecular flexibility index (Phi) is 4.19. The van der Waals surface area contributed by atoms with Gasteiger partial charge < -0.3 is 10.4 Å². The molecule has 0 spiro atoms. The van der Waals surface area contributed by atoms with Gasteiger partial charge in [0.2, 0.25) is 0 Å². The van der Waals surface area contributed by atoms with E-state index in [1.54, 1.807) is 0 Å². The maximum Gasteiger partial charge on any atom is 0.415 e. The van der Waals surface area contributed by atoms with Gasteiger partial charge in [-0.2, -0.15) is 13.2 Å². The minimum Gasteiger partial charge on any atom is -0.382 e. The quantitative estimate of drug-likeness (QED) is 0.746. The normalized spacial score (nSPS) is 22.3. The van der Waals surface area contributed by atoms with Crippen LogP contribution in [0.3, 0.4) is 0 Å². The third-order valence-corrected chi connectivity index (χ3v) is 2.58. The third kappa shape index (κ3) is 3.84. The Morgan fingerprint density at radius 1 is 1.21 bits per heavy atom. The fraction of sp³-hybridized carbons (Fsp3) is 1.00. The van der Waals surface area contributed by atoms with Gasteiger partial charge in [0, 0.05) is 12.6 Å². The van der Waals surface area contributed by atoms with Crippen LogP contribution in [-0.2, 0) is 0 Å². The number of nitrogens with one attached hydrogen (secondary N) is 1. The molecule has 2 N–H and O–H groups in total. The van der Waals surface area contributed by atoms with E-state index in [4.69, 9.17) is 5.11 Å². The van der Waals surface area contributed by atoms with E-state index >= 15 is 0 Å². The van der Waals surface area contributed by atoms with Crippen LogP contribution in [0.5, 0.6) is 0 Å². The molecule has 0 radical (unpaired) electrons. The molecule has 1 atom stereocenters. The van der Waals surface area contributed by atoms with Crippen molar-refractivity contribution in [2.45, 2.75) is 50.4 Å². The highest BCUT2D eigenvalue weighted by Gasteiger charge is 2.38. The van der Waals surface area contributed by atoms with Gasteiger partial charge in [-0.1, -0.05) is 19.3 Å². The van der Waals surface area contributed by atoms with Crippen LogP contribution in [-0.4, -0.2) is 30.0 Å². The number of aliphatic hydroxyl groups is 1. The largest absolute Gasteiger partial charge is 0.415 e. The van der Waals surface area contributed by atoms with E-state index in [0.29, 0.717) is 0 Å². The Bertz CT molecular complexity index is 166. The summed E-state index contributed by atoms with van der Waals surface area (Å²) in [4.78, 5) is 0. The molecular weight excluding hydrogens is 195 g/mol. The first kappa shape index (κ1) is 11.8. The summed E-state index contributed by atoms with van der Waals surface area (Å²) in [5.41, 5.74) is 0. The number of hydrogen-bond donors (Lipinski definition) is 2. The average Bonchev–Trinajstić information content (AvgIpc) is 2.14. The lowest BCUT2D eigenvalue weighted by Crippen LogP contribution is -2.43. The summed E-state index contributed by atoms with van der Waals surface area (Å²) in [5, 5.41) is 11.5. The molecule has 0 aromatic carbocycles. The zero-order valence-corrected chi connectivity index (χ0v) is 7.98. The van der Waals surface area contributed by atoms with Crippen molar-refractivity contribution in [2.75, 3.05) is 6.54 Å². The second kappa shape index (κ2) is 4.98. The fourth-order valence-electron chi connectivity index (χ4n) is 1.70. The second-order valence-electron chi connectivity index (χ2n) is 3.80. The van der Waals surface area contributed by atoms with E-state index in [9.17, 15) is 13.2 Å². The molecule has 1 aliphatic rings. The van der Waals surface area contributed by atoms with Crippen molar-refractivity contribution in [3.05, 3.63) is 0 Å². The van der Waals surface area contributed by atoms with E-state index < -0.39 is 12.3 Å². The lowest BCUT2D eigenvalue weighted by molar-refractivity contribution is -0.202. The standard InChI is InChI=1S/C9H16F3NO/c10-9(11,12)8(14)6-13-7-4-2-1-3-5-7/h7-8,13-14H,1-6H2/t8-/m1/s1. The number of alkyl halides is 3. The minimum absolute atomic E-state index is 0.153. The van der Waals surface area contributed by atoms with Crippen molar-refractivity contribution in [1.29, 1.82) is 0 Å². The Labute approximate surface area is 81.5 Å². The molecule has 0 amide bonds. The van der Waals surface area contributed by atoms with Crippen molar-refractivity contribution in [2.24, 2.45) is 0 Å². The van der Waals surface area contributed by atoms with E-state index in [2.05, 4.69) is 5.32 Å². The summed E-state index contributed by atoms with van der Waals surface area (Å²) in [6.45, 7) is -0.381. The van der Waals surface area contributed by atoms with Gasteiger partial charge in [0.15, 0.2) is 6.10 Å². The molecule has 0 unspecified atom stereocenters. The van der Waals surface area contributed by atoms with Gasteiger partial charge in [-0.3, -0.25) is 0 Å². The zero-order valence-electron chi connectivity index (χ0n) is 7.98. The first-order valence-corrected chi connectivity index (χ1v) is 4.98. The lowest BCUT2D eigenvalue weighted by Gasteiger charge is -2.24. The molecule has 1 saturated carbocycles. The number of halogens is 3. The molecule has 5 heteroatoms. The van der Waals surface area contributed by atoms with Gasteiger partial charge >= 0.3 is 6.18 Å². The van der Waals surface area contributed by atoms with E-state index in [1.165, 1.54) is 6.42 Å². The molecule has 1 rings (SSSR count). The molecule has 0 saturated heterocycles. The van der Waals surface area contributed by atoms with Crippen LogP contribution in [0.1, 0.15) is 32.1 Å². The monoisotopic (exact) mass is 211 g/mol. The first-order valence-electron chi connectivity index (χ1n) is 4.98. The molecule has 0 aromatic rings. The minimum atomic E-state index is -4.50. The van der Waals surface area contributed by atoms with Crippen molar-refractivity contribution < 1.29 is 18.3 Å². The molecule has 2 nitrogen and oxygen atoms in total. The van der Waals surface area contributed by atoms with Gasteiger partial charge in [-0.05, 0) is 12.8 Å². The summed E-state index contributed by atoms with van der Waals surface area (Å²) >= 11 is 0. The molecule has 0 heterocycles. The average molecular weight is 211 g/mol. The van der Waals surface area contributed by atoms with E-state index in [0.717, 1.165) is 25.7 Å². The molecule has 14 heavy (non-hydrogen) atoms. The highest BCUT2D eigenvalue weighted by atomic mass is 19.4. The summed E-state index contributed by atoms with van der Waals surface area (Å²) in [6, 6.07) is 0.153. The second-order valence-corrected chi connectivity index (χ2v) is 3.80. The number of rotatable bonds is 3.